The third kappa shape index (κ3) is 5.63. The fourth-order valence-corrected chi connectivity index (χ4v) is 4.93. The first kappa shape index (κ1) is 24.1. The van der Waals surface area contributed by atoms with Crippen molar-refractivity contribution < 1.29 is 4.74 Å². The molecule has 1 fully saturated rings. The van der Waals surface area contributed by atoms with E-state index in [1.54, 1.807) is 7.11 Å². The number of aliphatic imine (C=N–C) groups is 1. The van der Waals surface area contributed by atoms with Crippen molar-refractivity contribution in [3.05, 3.63) is 46.8 Å². The summed E-state index contributed by atoms with van der Waals surface area (Å²) in [5, 5.41) is 11.7. The molecular formula is C25H40N6O. The second-order valence-corrected chi connectivity index (χ2v) is 9.08. The van der Waals surface area contributed by atoms with Crippen LogP contribution in [-0.4, -0.2) is 61.0 Å². The van der Waals surface area contributed by atoms with Gasteiger partial charge >= 0.3 is 0 Å². The third-order valence-corrected chi connectivity index (χ3v) is 6.77. The van der Waals surface area contributed by atoms with Crippen LogP contribution in [0.3, 0.4) is 0 Å². The SMILES string of the molecule is CN=C(NCC1CCCN(C)C1c1ccc(OC)cc1)NC(C)Cc1c(C)nn(C)c1C. The van der Waals surface area contributed by atoms with Gasteiger partial charge in [-0.25, -0.2) is 0 Å². The Balaban J connectivity index is 1.61. The molecule has 0 radical (unpaired) electrons. The molecule has 1 aliphatic heterocycles. The fourth-order valence-electron chi connectivity index (χ4n) is 4.93. The van der Waals surface area contributed by atoms with Gasteiger partial charge in [-0.2, -0.15) is 5.10 Å². The lowest BCUT2D eigenvalue weighted by atomic mass is 9.85. The number of methoxy groups -OCH3 is 1. The number of hydrogen-bond acceptors (Lipinski definition) is 4. The summed E-state index contributed by atoms with van der Waals surface area (Å²) in [4.78, 5) is 6.96. The number of guanidine groups is 1. The molecule has 0 amide bonds. The number of rotatable bonds is 7. The lowest BCUT2D eigenvalue weighted by molar-refractivity contribution is 0.122. The van der Waals surface area contributed by atoms with Crippen LogP contribution in [0, 0.1) is 19.8 Å². The van der Waals surface area contributed by atoms with E-state index < -0.39 is 0 Å². The topological polar surface area (TPSA) is 66.7 Å². The third-order valence-electron chi connectivity index (χ3n) is 6.77. The number of aryl methyl sites for hydroxylation is 2. The fraction of sp³-hybridized carbons (Fsp3) is 0.600. The summed E-state index contributed by atoms with van der Waals surface area (Å²) >= 11 is 0. The summed E-state index contributed by atoms with van der Waals surface area (Å²) in [7, 11) is 7.79. The van der Waals surface area contributed by atoms with Gasteiger partial charge in [0.15, 0.2) is 5.96 Å². The Morgan fingerprint density at radius 3 is 2.56 bits per heavy atom. The Kier molecular flexibility index (Phi) is 8.18. The van der Waals surface area contributed by atoms with Crippen molar-refractivity contribution in [3.63, 3.8) is 0 Å². The smallest absolute Gasteiger partial charge is 0.191 e. The highest BCUT2D eigenvalue weighted by molar-refractivity contribution is 5.80. The van der Waals surface area contributed by atoms with Crippen molar-refractivity contribution in [1.29, 1.82) is 0 Å². The second kappa shape index (κ2) is 10.9. The van der Waals surface area contributed by atoms with Crippen LogP contribution in [0.15, 0.2) is 29.3 Å². The van der Waals surface area contributed by atoms with Gasteiger partial charge in [0.2, 0.25) is 0 Å². The number of piperidine rings is 1. The Hall–Kier alpha value is -2.54. The molecule has 1 aliphatic rings. The number of nitrogens with zero attached hydrogens (tertiary/aromatic N) is 4. The first-order valence-electron chi connectivity index (χ1n) is 11.6. The van der Waals surface area contributed by atoms with Gasteiger partial charge in [0, 0.05) is 38.4 Å². The zero-order valence-corrected chi connectivity index (χ0v) is 20.8. The first-order chi connectivity index (χ1) is 15.3. The molecule has 0 bridgehead atoms. The van der Waals surface area contributed by atoms with Gasteiger partial charge < -0.3 is 15.4 Å². The molecule has 3 atom stereocenters. The van der Waals surface area contributed by atoms with Crippen molar-refractivity contribution in [1.82, 2.24) is 25.3 Å². The molecule has 32 heavy (non-hydrogen) atoms. The standard InChI is InChI=1S/C25H40N6O/c1-17(15-23-18(2)29-31(6)19(23)3)28-25(26-4)27-16-21-9-8-14-30(5)24(21)20-10-12-22(32-7)13-11-20/h10-13,17,21,24H,8-9,14-16H2,1-7H3,(H2,26,27,28). The van der Waals surface area contributed by atoms with Crippen LogP contribution in [0.4, 0.5) is 0 Å². The highest BCUT2D eigenvalue weighted by Gasteiger charge is 2.30. The molecule has 0 saturated carbocycles. The summed E-state index contributed by atoms with van der Waals surface area (Å²) in [5.74, 6) is 2.27. The van der Waals surface area contributed by atoms with E-state index in [1.807, 2.05) is 18.8 Å². The normalized spacial score (nSPS) is 20.8. The van der Waals surface area contributed by atoms with Crippen LogP contribution >= 0.6 is 0 Å². The van der Waals surface area contributed by atoms with Crippen LogP contribution in [0.5, 0.6) is 5.75 Å². The highest BCUT2D eigenvalue weighted by atomic mass is 16.5. The molecule has 176 valence electrons. The largest absolute Gasteiger partial charge is 0.497 e. The number of ether oxygens (including phenoxy) is 1. The molecule has 1 saturated heterocycles. The summed E-state index contributed by atoms with van der Waals surface area (Å²) < 4.78 is 7.31. The molecule has 2 heterocycles. The van der Waals surface area contributed by atoms with Crippen LogP contribution in [-0.2, 0) is 13.5 Å². The van der Waals surface area contributed by atoms with Gasteiger partial charge in [-0.1, -0.05) is 12.1 Å². The molecule has 3 rings (SSSR count). The van der Waals surface area contributed by atoms with E-state index in [0.717, 1.165) is 36.9 Å². The summed E-state index contributed by atoms with van der Waals surface area (Å²) in [6, 6.07) is 9.17. The molecule has 7 nitrogen and oxygen atoms in total. The van der Waals surface area contributed by atoms with Crippen molar-refractivity contribution >= 4 is 5.96 Å². The lowest BCUT2D eigenvalue weighted by Crippen LogP contribution is -2.47. The number of aromatic nitrogens is 2. The molecule has 7 heteroatoms. The average Bonchev–Trinajstić information content (AvgIpc) is 3.02. The Morgan fingerprint density at radius 2 is 1.97 bits per heavy atom. The summed E-state index contributed by atoms with van der Waals surface area (Å²) in [5.41, 5.74) is 5.00. The predicted octanol–water partition coefficient (Wildman–Crippen LogP) is 3.22. The zero-order valence-electron chi connectivity index (χ0n) is 20.8. The highest BCUT2D eigenvalue weighted by Crippen LogP contribution is 2.35. The van der Waals surface area contributed by atoms with Crippen LogP contribution in [0.2, 0.25) is 0 Å². The molecule has 3 unspecified atom stereocenters. The van der Waals surface area contributed by atoms with E-state index in [9.17, 15) is 0 Å². The minimum Gasteiger partial charge on any atom is -0.497 e. The molecule has 1 aromatic carbocycles. The van der Waals surface area contributed by atoms with Gasteiger partial charge in [0.05, 0.1) is 12.8 Å². The summed E-state index contributed by atoms with van der Waals surface area (Å²) in [6.45, 7) is 8.43. The van der Waals surface area contributed by atoms with Crippen molar-refractivity contribution in [2.24, 2.45) is 18.0 Å². The number of benzene rings is 1. The Bertz CT molecular complexity index is 904. The van der Waals surface area contributed by atoms with E-state index >= 15 is 0 Å². The molecule has 1 aromatic heterocycles. The zero-order chi connectivity index (χ0) is 23.3. The van der Waals surface area contributed by atoms with Gasteiger partial charge in [-0.3, -0.25) is 14.6 Å². The Labute approximate surface area is 193 Å². The number of hydrogen-bond donors (Lipinski definition) is 2. The van der Waals surface area contributed by atoms with E-state index in [1.165, 1.54) is 29.7 Å². The van der Waals surface area contributed by atoms with Crippen LogP contribution < -0.4 is 15.4 Å². The van der Waals surface area contributed by atoms with Gasteiger partial charge in [0.1, 0.15) is 5.75 Å². The maximum Gasteiger partial charge on any atom is 0.191 e. The van der Waals surface area contributed by atoms with E-state index in [0.29, 0.717) is 12.0 Å². The molecule has 0 spiro atoms. The predicted molar refractivity (Wildman–Crippen MR) is 131 cm³/mol. The maximum atomic E-state index is 5.34. The monoisotopic (exact) mass is 440 g/mol. The molecule has 2 aromatic rings. The van der Waals surface area contributed by atoms with Crippen LogP contribution in [0.1, 0.15) is 48.3 Å². The minimum atomic E-state index is 0.259. The van der Waals surface area contributed by atoms with Crippen LogP contribution in [0.25, 0.3) is 0 Å². The number of nitrogens with one attached hydrogen (secondary N) is 2. The Morgan fingerprint density at radius 1 is 1.25 bits per heavy atom. The molecule has 2 N–H and O–H groups in total. The summed E-state index contributed by atoms with van der Waals surface area (Å²) in [6.07, 6.45) is 3.35. The average molecular weight is 441 g/mol. The van der Waals surface area contributed by atoms with Crippen molar-refractivity contribution in [2.45, 2.75) is 52.1 Å². The second-order valence-electron chi connectivity index (χ2n) is 9.08. The first-order valence-corrected chi connectivity index (χ1v) is 11.6. The van der Waals surface area contributed by atoms with E-state index in [4.69, 9.17) is 4.74 Å². The van der Waals surface area contributed by atoms with Crippen molar-refractivity contribution in [2.75, 3.05) is 34.3 Å². The van der Waals surface area contributed by atoms with Crippen molar-refractivity contribution in [3.8, 4) is 5.75 Å². The van der Waals surface area contributed by atoms with Gasteiger partial charge in [-0.15, -0.1) is 0 Å². The lowest BCUT2D eigenvalue weighted by Gasteiger charge is -2.40. The molecular weight excluding hydrogens is 400 g/mol. The van der Waals surface area contributed by atoms with E-state index in [-0.39, 0.29) is 6.04 Å². The number of likely N-dealkylation sites (tertiary alicyclic amines) is 1. The molecule has 0 aliphatic carbocycles. The maximum absolute atomic E-state index is 5.34. The van der Waals surface area contributed by atoms with E-state index in [2.05, 4.69) is 77.7 Å². The quantitative estimate of drug-likeness (QED) is 0.511. The van der Waals surface area contributed by atoms with Gasteiger partial charge in [0.25, 0.3) is 0 Å². The van der Waals surface area contributed by atoms with Gasteiger partial charge in [-0.05, 0) is 82.8 Å². The minimum absolute atomic E-state index is 0.259.